The number of benzene rings is 2. The third-order valence-corrected chi connectivity index (χ3v) is 9.44. The molecule has 202 valence electrons. The lowest BCUT2D eigenvalue weighted by Crippen LogP contribution is -2.50. The first kappa shape index (κ1) is 25.5. The van der Waals surface area contributed by atoms with E-state index in [1.54, 1.807) is 30.6 Å². The van der Waals surface area contributed by atoms with Crippen LogP contribution in [0.25, 0.3) is 10.9 Å². The normalized spacial score (nSPS) is 18.8. The van der Waals surface area contributed by atoms with E-state index in [0.29, 0.717) is 23.3 Å². The van der Waals surface area contributed by atoms with E-state index in [0.717, 1.165) is 42.7 Å². The number of nitrogens with one attached hydrogen (secondary N) is 2. The fourth-order valence-corrected chi connectivity index (χ4v) is 7.20. The Kier molecular flexibility index (Phi) is 6.39. The Balaban J connectivity index is 1.29. The topological polar surface area (TPSA) is 103 Å². The van der Waals surface area contributed by atoms with Gasteiger partial charge in [0, 0.05) is 72.4 Å². The van der Waals surface area contributed by atoms with Gasteiger partial charge in [-0.2, -0.15) is 4.98 Å². The summed E-state index contributed by atoms with van der Waals surface area (Å²) in [5.74, 6) is 0.747. The molecule has 0 radical (unpaired) electrons. The van der Waals surface area contributed by atoms with Crippen molar-refractivity contribution in [3.63, 3.8) is 0 Å². The molecule has 10 heteroatoms. The quantitative estimate of drug-likeness (QED) is 0.368. The van der Waals surface area contributed by atoms with Crippen LogP contribution in [0.1, 0.15) is 32.8 Å². The van der Waals surface area contributed by atoms with Crippen LogP contribution in [-0.4, -0.2) is 55.6 Å². The lowest BCUT2D eigenvalue weighted by atomic mass is 9.89. The standard InChI is InChI=1S/C29H33N7O2S/c1-4-21-18-35(16-15-30-21)23-12-10-22(11-13-23)33-28-32-17-24-27(34-28)36(19-29(24,2)3)39(37,38)25-9-5-7-20-8-6-14-31-26(20)25/h5-14,17,21,30H,4,15-16,18-19H2,1-3H3,(H,32,33,34). The van der Waals surface area contributed by atoms with E-state index in [9.17, 15) is 8.42 Å². The molecule has 39 heavy (non-hydrogen) atoms. The van der Waals surface area contributed by atoms with Crippen LogP contribution in [0.5, 0.6) is 0 Å². The molecule has 9 nitrogen and oxygen atoms in total. The Hall–Kier alpha value is -3.76. The summed E-state index contributed by atoms with van der Waals surface area (Å²) in [6.45, 7) is 9.44. The van der Waals surface area contributed by atoms with Crippen LogP contribution in [0.3, 0.4) is 0 Å². The van der Waals surface area contributed by atoms with Crippen molar-refractivity contribution >= 4 is 44.1 Å². The first-order valence-electron chi connectivity index (χ1n) is 13.4. The van der Waals surface area contributed by atoms with E-state index in [2.05, 4.69) is 44.6 Å². The number of aromatic nitrogens is 3. The molecule has 2 N–H and O–H groups in total. The molecule has 1 saturated heterocycles. The molecule has 0 amide bonds. The van der Waals surface area contributed by atoms with Crippen molar-refractivity contribution in [1.82, 2.24) is 20.3 Å². The highest BCUT2D eigenvalue weighted by Crippen LogP contribution is 2.42. The van der Waals surface area contributed by atoms with E-state index < -0.39 is 15.4 Å². The number of fused-ring (bicyclic) bond motifs is 2. The van der Waals surface area contributed by atoms with Gasteiger partial charge in [-0.1, -0.05) is 39.0 Å². The van der Waals surface area contributed by atoms with Crippen molar-refractivity contribution in [2.45, 2.75) is 43.5 Å². The maximum Gasteiger partial charge on any atom is 0.267 e. The zero-order valence-electron chi connectivity index (χ0n) is 22.4. The predicted molar refractivity (Wildman–Crippen MR) is 155 cm³/mol. The molecular formula is C29H33N7O2S. The van der Waals surface area contributed by atoms with Gasteiger partial charge in [-0.05, 0) is 42.8 Å². The molecule has 2 aromatic carbocycles. The molecule has 4 heterocycles. The highest BCUT2D eigenvalue weighted by atomic mass is 32.2. The summed E-state index contributed by atoms with van der Waals surface area (Å²) in [4.78, 5) is 16.2. The molecule has 1 atom stereocenters. The van der Waals surface area contributed by atoms with Gasteiger partial charge < -0.3 is 15.5 Å². The van der Waals surface area contributed by atoms with Crippen molar-refractivity contribution in [3.8, 4) is 0 Å². The van der Waals surface area contributed by atoms with Gasteiger partial charge in [0.15, 0.2) is 5.82 Å². The fourth-order valence-electron chi connectivity index (χ4n) is 5.44. The maximum absolute atomic E-state index is 14.0. The molecule has 2 aliphatic heterocycles. The average Bonchev–Trinajstić information content (AvgIpc) is 3.23. The second kappa shape index (κ2) is 9.77. The Morgan fingerprint density at radius 3 is 2.67 bits per heavy atom. The van der Waals surface area contributed by atoms with Gasteiger partial charge >= 0.3 is 0 Å². The van der Waals surface area contributed by atoms with Crippen molar-refractivity contribution in [2.75, 3.05) is 40.7 Å². The van der Waals surface area contributed by atoms with Gasteiger partial charge in [-0.15, -0.1) is 0 Å². The first-order chi connectivity index (χ1) is 18.8. The monoisotopic (exact) mass is 543 g/mol. The number of sulfonamides is 1. The van der Waals surface area contributed by atoms with Crippen LogP contribution in [-0.2, 0) is 15.4 Å². The highest BCUT2D eigenvalue weighted by Gasteiger charge is 2.43. The van der Waals surface area contributed by atoms with Crippen molar-refractivity contribution in [3.05, 3.63) is 72.6 Å². The second-order valence-electron chi connectivity index (χ2n) is 10.8. The third-order valence-electron chi connectivity index (χ3n) is 7.67. The third kappa shape index (κ3) is 4.68. The van der Waals surface area contributed by atoms with Gasteiger partial charge in [0.25, 0.3) is 10.0 Å². The highest BCUT2D eigenvalue weighted by molar-refractivity contribution is 7.93. The smallest absolute Gasteiger partial charge is 0.267 e. The van der Waals surface area contributed by atoms with Gasteiger partial charge in [0.05, 0.1) is 5.52 Å². The summed E-state index contributed by atoms with van der Waals surface area (Å²) < 4.78 is 29.4. The molecule has 2 aliphatic rings. The van der Waals surface area contributed by atoms with Gasteiger partial charge in [-0.3, -0.25) is 4.98 Å². The average molecular weight is 544 g/mol. The van der Waals surface area contributed by atoms with Gasteiger partial charge in [0.1, 0.15) is 4.90 Å². The number of piperazine rings is 1. The fraction of sp³-hybridized carbons (Fsp3) is 0.345. The summed E-state index contributed by atoms with van der Waals surface area (Å²) in [6, 6.07) is 17.6. The number of nitrogens with zero attached hydrogens (tertiary/aromatic N) is 5. The van der Waals surface area contributed by atoms with Crippen LogP contribution in [0.2, 0.25) is 0 Å². The molecule has 6 rings (SSSR count). The lowest BCUT2D eigenvalue weighted by molar-refractivity contribution is 0.447. The van der Waals surface area contributed by atoms with Gasteiger partial charge in [-0.25, -0.2) is 17.7 Å². The first-order valence-corrected chi connectivity index (χ1v) is 14.8. The van der Waals surface area contributed by atoms with E-state index in [-0.39, 0.29) is 11.4 Å². The molecule has 0 aliphatic carbocycles. The summed E-state index contributed by atoms with van der Waals surface area (Å²) in [5.41, 5.74) is 2.82. The molecule has 2 aromatic heterocycles. The SMILES string of the molecule is CCC1CN(c2ccc(Nc3ncc4c(n3)N(S(=O)(=O)c3cccc5cccnc35)CC4(C)C)cc2)CCN1. The summed E-state index contributed by atoms with van der Waals surface area (Å²) in [6.07, 6.45) is 4.46. The molecule has 1 unspecified atom stereocenters. The molecule has 4 aromatic rings. The number of rotatable bonds is 6. The summed E-state index contributed by atoms with van der Waals surface area (Å²) in [5, 5.41) is 7.59. The van der Waals surface area contributed by atoms with Gasteiger partial charge in [0.2, 0.25) is 5.95 Å². The molecular weight excluding hydrogens is 510 g/mol. The lowest BCUT2D eigenvalue weighted by Gasteiger charge is -2.35. The minimum absolute atomic E-state index is 0.172. The summed E-state index contributed by atoms with van der Waals surface area (Å²) in [7, 11) is -3.92. The van der Waals surface area contributed by atoms with Crippen LogP contribution >= 0.6 is 0 Å². The Bertz CT molecular complexity index is 1620. The molecule has 1 fully saturated rings. The molecule has 0 saturated carbocycles. The number of pyridine rings is 1. The largest absolute Gasteiger partial charge is 0.369 e. The number of hydrogen-bond acceptors (Lipinski definition) is 8. The zero-order chi connectivity index (χ0) is 27.2. The van der Waals surface area contributed by atoms with E-state index in [1.165, 1.54) is 9.99 Å². The number of anilines is 4. The zero-order valence-corrected chi connectivity index (χ0v) is 23.2. The Morgan fingerprint density at radius 2 is 1.87 bits per heavy atom. The van der Waals surface area contributed by atoms with Crippen LogP contribution in [0.15, 0.2) is 71.9 Å². The maximum atomic E-state index is 14.0. The Morgan fingerprint density at radius 1 is 1.08 bits per heavy atom. The van der Waals surface area contributed by atoms with Crippen LogP contribution in [0, 0.1) is 0 Å². The Labute approximate surface area is 229 Å². The van der Waals surface area contributed by atoms with E-state index in [4.69, 9.17) is 4.98 Å². The molecule has 0 spiro atoms. The van der Waals surface area contributed by atoms with Crippen molar-refractivity contribution in [1.29, 1.82) is 0 Å². The number of hydrogen-bond donors (Lipinski definition) is 2. The number of para-hydroxylation sites is 1. The van der Waals surface area contributed by atoms with Crippen LogP contribution < -0.4 is 19.8 Å². The van der Waals surface area contributed by atoms with Crippen LogP contribution in [0.4, 0.5) is 23.1 Å². The second-order valence-corrected chi connectivity index (χ2v) is 12.7. The van der Waals surface area contributed by atoms with E-state index in [1.807, 2.05) is 38.1 Å². The minimum atomic E-state index is -3.92. The molecule has 0 bridgehead atoms. The van der Waals surface area contributed by atoms with Crippen molar-refractivity contribution in [2.24, 2.45) is 0 Å². The summed E-state index contributed by atoms with van der Waals surface area (Å²) >= 11 is 0. The predicted octanol–water partition coefficient (Wildman–Crippen LogP) is 4.44. The van der Waals surface area contributed by atoms with E-state index >= 15 is 0 Å². The van der Waals surface area contributed by atoms with Crippen molar-refractivity contribution < 1.29 is 8.42 Å². The minimum Gasteiger partial charge on any atom is -0.369 e.